The number of aryl methyl sites for hydroxylation is 1. The molecular weight excluding hydrogens is 352 g/mol. The summed E-state index contributed by atoms with van der Waals surface area (Å²) >= 11 is 0. The fourth-order valence-electron chi connectivity index (χ4n) is 4.48. The number of nitrogens with one attached hydrogen (secondary N) is 1. The lowest BCUT2D eigenvalue weighted by Gasteiger charge is -2.33. The SMILES string of the molecule is Cn1c(=O)[nH]c(=O)c2cc(C(=O)N3C(C(=O)O)CC4CCCCC43)cnc21. The van der Waals surface area contributed by atoms with Gasteiger partial charge in [-0.05, 0) is 31.2 Å². The summed E-state index contributed by atoms with van der Waals surface area (Å²) < 4.78 is 1.19. The van der Waals surface area contributed by atoms with Crippen LogP contribution in [-0.2, 0) is 11.8 Å². The zero-order chi connectivity index (χ0) is 19.3. The van der Waals surface area contributed by atoms with Crippen molar-refractivity contribution in [1.29, 1.82) is 0 Å². The van der Waals surface area contributed by atoms with Crippen LogP contribution in [0.5, 0.6) is 0 Å². The number of carboxylic acid groups (broad SMARTS) is 1. The number of pyridine rings is 1. The number of hydrogen-bond donors (Lipinski definition) is 2. The maximum absolute atomic E-state index is 13.2. The minimum absolute atomic E-state index is 0.0959. The Labute approximate surface area is 153 Å². The molecule has 2 aromatic rings. The number of carbonyl (C=O) groups excluding carboxylic acids is 1. The van der Waals surface area contributed by atoms with Crippen LogP contribution in [0.15, 0.2) is 21.9 Å². The Morgan fingerprint density at radius 1 is 1.26 bits per heavy atom. The summed E-state index contributed by atoms with van der Waals surface area (Å²) in [5.74, 6) is -1.24. The fourth-order valence-corrected chi connectivity index (χ4v) is 4.48. The molecule has 9 nitrogen and oxygen atoms in total. The molecular formula is C18H20N4O5. The van der Waals surface area contributed by atoms with Gasteiger partial charge in [-0.3, -0.25) is 19.1 Å². The molecule has 142 valence electrons. The van der Waals surface area contributed by atoms with E-state index in [4.69, 9.17) is 0 Å². The maximum atomic E-state index is 13.2. The standard InChI is InChI=1S/C18H20N4O5/c1-21-14-11(15(23)20-18(21)27)6-10(8-19-14)16(24)22-12-5-3-2-4-9(12)7-13(22)17(25)26/h6,8-9,12-13H,2-5,7H2,1H3,(H,25,26)(H,20,23,27). The topological polar surface area (TPSA) is 125 Å². The number of aromatic amines is 1. The van der Waals surface area contributed by atoms with Crippen molar-refractivity contribution in [2.45, 2.75) is 44.2 Å². The van der Waals surface area contributed by atoms with Crippen LogP contribution in [0.25, 0.3) is 11.0 Å². The summed E-state index contributed by atoms with van der Waals surface area (Å²) in [6, 6.07) is 0.430. The molecule has 0 radical (unpaired) electrons. The minimum atomic E-state index is -1.01. The molecule has 1 saturated carbocycles. The largest absolute Gasteiger partial charge is 0.480 e. The number of likely N-dealkylation sites (tertiary alicyclic amines) is 1. The van der Waals surface area contributed by atoms with Gasteiger partial charge in [0, 0.05) is 19.3 Å². The molecule has 2 aliphatic rings. The smallest absolute Gasteiger partial charge is 0.329 e. The van der Waals surface area contributed by atoms with Crippen molar-refractivity contribution in [1.82, 2.24) is 19.4 Å². The molecule has 2 aromatic heterocycles. The number of aromatic nitrogens is 3. The van der Waals surface area contributed by atoms with E-state index < -0.39 is 29.2 Å². The van der Waals surface area contributed by atoms with Gasteiger partial charge in [-0.15, -0.1) is 0 Å². The molecule has 2 fully saturated rings. The molecule has 27 heavy (non-hydrogen) atoms. The van der Waals surface area contributed by atoms with E-state index in [-0.39, 0.29) is 28.6 Å². The Balaban J connectivity index is 1.78. The van der Waals surface area contributed by atoms with E-state index >= 15 is 0 Å². The van der Waals surface area contributed by atoms with Crippen molar-refractivity contribution in [3.63, 3.8) is 0 Å². The molecule has 1 saturated heterocycles. The van der Waals surface area contributed by atoms with Crippen LogP contribution in [0.4, 0.5) is 0 Å². The van der Waals surface area contributed by atoms with E-state index in [2.05, 4.69) is 9.97 Å². The van der Waals surface area contributed by atoms with Crippen molar-refractivity contribution >= 4 is 22.9 Å². The van der Waals surface area contributed by atoms with Gasteiger partial charge < -0.3 is 10.0 Å². The number of aliphatic carboxylic acids is 1. The quantitative estimate of drug-likeness (QED) is 0.790. The number of carboxylic acids is 1. The lowest BCUT2D eigenvalue weighted by molar-refractivity contribution is -0.141. The first-order chi connectivity index (χ1) is 12.9. The Morgan fingerprint density at radius 3 is 2.74 bits per heavy atom. The van der Waals surface area contributed by atoms with Crippen LogP contribution >= 0.6 is 0 Å². The molecule has 4 rings (SSSR count). The Hall–Kier alpha value is -2.97. The maximum Gasteiger partial charge on any atom is 0.329 e. The Bertz CT molecular complexity index is 1060. The third-order valence-corrected chi connectivity index (χ3v) is 5.81. The molecule has 9 heteroatoms. The monoisotopic (exact) mass is 372 g/mol. The van der Waals surface area contributed by atoms with Gasteiger partial charge in [0.15, 0.2) is 0 Å². The zero-order valence-electron chi connectivity index (χ0n) is 14.8. The number of nitrogens with zero attached hydrogens (tertiary/aromatic N) is 3. The van der Waals surface area contributed by atoms with Crippen LogP contribution < -0.4 is 11.2 Å². The number of H-pyrrole nitrogens is 1. The van der Waals surface area contributed by atoms with Crippen LogP contribution in [0, 0.1) is 5.92 Å². The summed E-state index contributed by atoms with van der Waals surface area (Å²) in [5.41, 5.74) is -0.882. The van der Waals surface area contributed by atoms with E-state index in [0.29, 0.717) is 6.42 Å². The molecule has 3 unspecified atom stereocenters. The molecule has 1 amide bonds. The number of rotatable bonds is 2. The molecule has 1 aliphatic carbocycles. The van der Waals surface area contributed by atoms with Crippen LogP contribution in [-0.4, -0.2) is 48.5 Å². The summed E-state index contributed by atoms with van der Waals surface area (Å²) in [5, 5.41) is 9.73. The number of amides is 1. The summed E-state index contributed by atoms with van der Waals surface area (Å²) in [6.07, 6.45) is 5.50. The van der Waals surface area contributed by atoms with Crippen molar-refractivity contribution in [2.24, 2.45) is 13.0 Å². The summed E-state index contributed by atoms with van der Waals surface area (Å²) in [6.45, 7) is 0. The van der Waals surface area contributed by atoms with E-state index in [1.165, 1.54) is 28.8 Å². The number of carbonyl (C=O) groups is 2. The fraction of sp³-hybridized carbons (Fsp3) is 0.500. The van der Waals surface area contributed by atoms with Crippen LogP contribution in [0.3, 0.4) is 0 Å². The molecule has 3 heterocycles. The van der Waals surface area contributed by atoms with Crippen LogP contribution in [0.1, 0.15) is 42.5 Å². The van der Waals surface area contributed by atoms with Gasteiger partial charge in [0.2, 0.25) is 0 Å². The first-order valence-electron chi connectivity index (χ1n) is 9.03. The van der Waals surface area contributed by atoms with Gasteiger partial charge in [0.05, 0.1) is 10.9 Å². The normalized spacial score (nSPS) is 24.8. The first kappa shape index (κ1) is 17.4. The third kappa shape index (κ3) is 2.73. The molecule has 1 aliphatic heterocycles. The predicted molar refractivity (Wildman–Crippen MR) is 95.6 cm³/mol. The van der Waals surface area contributed by atoms with E-state index in [9.17, 15) is 24.3 Å². The van der Waals surface area contributed by atoms with Gasteiger partial charge in [0.25, 0.3) is 11.5 Å². The van der Waals surface area contributed by atoms with E-state index in [1.807, 2.05) is 0 Å². The Kier molecular flexibility index (Phi) is 4.09. The summed E-state index contributed by atoms with van der Waals surface area (Å²) in [7, 11) is 1.47. The van der Waals surface area contributed by atoms with Gasteiger partial charge in [-0.1, -0.05) is 12.8 Å². The van der Waals surface area contributed by atoms with Crippen molar-refractivity contribution in [3.05, 3.63) is 38.7 Å². The number of hydrogen-bond acceptors (Lipinski definition) is 5. The average Bonchev–Trinajstić information content (AvgIpc) is 3.05. The van der Waals surface area contributed by atoms with Crippen molar-refractivity contribution in [3.8, 4) is 0 Å². The second-order valence-corrected chi connectivity index (χ2v) is 7.33. The van der Waals surface area contributed by atoms with E-state index in [1.54, 1.807) is 0 Å². The molecule has 0 bridgehead atoms. The van der Waals surface area contributed by atoms with Crippen molar-refractivity contribution < 1.29 is 14.7 Å². The van der Waals surface area contributed by atoms with Gasteiger partial charge >= 0.3 is 11.7 Å². The van der Waals surface area contributed by atoms with Gasteiger partial charge in [0.1, 0.15) is 11.7 Å². The Morgan fingerprint density at radius 2 is 2.00 bits per heavy atom. The molecule has 3 atom stereocenters. The zero-order valence-corrected chi connectivity index (χ0v) is 14.8. The lowest BCUT2D eigenvalue weighted by Crippen LogP contribution is -2.46. The number of fused-ring (bicyclic) bond motifs is 2. The second-order valence-electron chi connectivity index (χ2n) is 7.33. The van der Waals surface area contributed by atoms with Gasteiger partial charge in [-0.2, -0.15) is 0 Å². The average molecular weight is 372 g/mol. The highest BCUT2D eigenvalue weighted by Gasteiger charge is 2.47. The predicted octanol–water partition coefficient (Wildman–Crippen LogP) is 0.480. The lowest BCUT2D eigenvalue weighted by atomic mass is 9.84. The molecule has 0 spiro atoms. The summed E-state index contributed by atoms with van der Waals surface area (Å²) in [4.78, 5) is 56.5. The highest BCUT2D eigenvalue weighted by molar-refractivity contribution is 5.99. The highest BCUT2D eigenvalue weighted by atomic mass is 16.4. The third-order valence-electron chi connectivity index (χ3n) is 5.81. The minimum Gasteiger partial charge on any atom is -0.480 e. The molecule has 2 N–H and O–H groups in total. The highest BCUT2D eigenvalue weighted by Crippen LogP contribution is 2.40. The second kappa shape index (κ2) is 6.33. The van der Waals surface area contributed by atoms with Crippen LogP contribution in [0.2, 0.25) is 0 Å². The molecule has 0 aromatic carbocycles. The first-order valence-corrected chi connectivity index (χ1v) is 9.03. The van der Waals surface area contributed by atoms with Gasteiger partial charge in [-0.25, -0.2) is 14.6 Å². The van der Waals surface area contributed by atoms with E-state index in [0.717, 1.165) is 25.7 Å². The van der Waals surface area contributed by atoms with Crippen molar-refractivity contribution in [2.75, 3.05) is 0 Å².